The first kappa shape index (κ1) is 20.5. The normalized spacial score (nSPS) is 12.7. The Morgan fingerprint density at radius 1 is 1.15 bits per heavy atom. The van der Waals surface area contributed by atoms with Gasteiger partial charge in [-0.15, -0.1) is 0 Å². The van der Waals surface area contributed by atoms with Gasteiger partial charge in [0.1, 0.15) is 5.69 Å². The maximum absolute atomic E-state index is 11.4. The Labute approximate surface area is 158 Å². The van der Waals surface area contributed by atoms with E-state index in [2.05, 4.69) is 31.3 Å². The number of hydrogen-bond donors (Lipinski definition) is 2. The van der Waals surface area contributed by atoms with E-state index in [0.29, 0.717) is 5.71 Å². The van der Waals surface area contributed by atoms with Crippen molar-refractivity contribution in [2.24, 2.45) is 10.2 Å². The molecule has 0 spiro atoms. The molecular formula is C18H22N4O4S. The molecule has 0 aliphatic heterocycles. The third kappa shape index (κ3) is 5.11. The van der Waals surface area contributed by atoms with Crippen LogP contribution in [0.5, 0.6) is 0 Å². The van der Waals surface area contributed by atoms with Crippen LogP contribution in [-0.2, 0) is 15.4 Å². The van der Waals surface area contributed by atoms with Crippen molar-refractivity contribution in [3.05, 3.63) is 63.7 Å². The quantitative estimate of drug-likeness (QED) is 0.459. The third-order valence-corrected chi connectivity index (χ3v) is 4.92. The van der Waals surface area contributed by atoms with E-state index in [0.717, 1.165) is 11.6 Å². The van der Waals surface area contributed by atoms with Gasteiger partial charge in [0.2, 0.25) is 10.0 Å². The number of rotatable bonds is 5. The second-order valence-corrected chi connectivity index (χ2v) is 8.68. The molecule has 0 radical (unpaired) electrons. The van der Waals surface area contributed by atoms with Crippen molar-refractivity contribution in [3.63, 3.8) is 0 Å². The van der Waals surface area contributed by atoms with Crippen LogP contribution < -0.4 is 10.6 Å². The summed E-state index contributed by atoms with van der Waals surface area (Å²) in [5.74, 6) is 0. The Kier molecular flexibility index (Phi) is 5.67. The van der Waals surface area contributed by atoms with Crippen molar-refractivity contribution >= 4 is 27.1 Å². The van der Waals surface area contributed by atoms with Crippen LogP contribution in [0.25, 0.3) is 0 Å². The van der Waals surface area contributed by atoms with E-state index < -0.39 is 20.6 Å². The molecule has 3 N–H and O–H groups in total. The first-order valence-corrected chi connectivity index (χ1v) is 9.66. The Morgan fingerprint density at radius 2 is 1.74 bits per heavy atom. The molecule has 9 heteroatoms. The van der Waals surface area contributed by atoms with Crippen molar-refractivity contribution < 1.29 is 13.3 Å². The van der Waals surface area contributed by atoms with Crippen molar-refractivity contribution in [2.75, 3.05) is 5.43 Å². The molecular weight excluding hydrogens is 368 g/mol. The Morgan fingerprint density at radius 3 is 2.22 bits per heavy atom. The van der Waals surface area contributed by atoms with Crippen LogP contribution >= 0.6 is 0 Å². The highest BCUT2D eigenvalue weighted by atomic mass is 32.2. The zero-order valence-corrected chi connectivity index (χ0v) is 16.4. The minimum Gasteiger partial charge on any atom is -0.271 e. The lowest BCUT2D eigenvalue weighted by Gasteiger charge is -2.19. The lowest BCUT2D eigenvalue weighted by atomic mass is 9.86. The van der Waals surface area contributed by atoms with Crippen LogP contribution in [0.4, 0.5) is 11.4 Å². The average Bonchev–Trinajstić information content (AvgIpc) is 2.58. The third-order valence-electron chi connectivity index (χ3n) is 4.01. The Bertz CT molecular complexity index is 991. The van der Waals surface area contributed by atoms with Gasteiger partial charge in [-0.25, -0.2) is 13.6 Å². The standard InChI is InChI=1S/C18H22N4O4S/c1-12(13-5-7-14(8-6-13)18(2,3)4)20-21-16-10-9-15(27(19,25)26)11-17(16)22(23)24/h5-11,21H,1-4H3,(H2,19,25,26)/b20-12-. The van der Waals surface area contributed by atoms with E-state index in [9.17, 15) is 18.5 Å². The molecule has 0 fully saturated rings. The molecule has 0 aliphatic rings. The van der Waals surface area contributed by atoms with Crippen molar-refractivity contribution in [3.8, 4) is 0 Å². The second-order valence-electron chi connectivity index (χ2n) is 7.12. The number of primary sulfonamides is 1. The number of hydrogen-bond acceptors (Lipinski definition) is 6. The maximum atomic E-state index is 11.4. The SMILES string of the molecule is C/C(=N/Nc1ccc(S(N)(=O)=O)cc1[N+](=O)[O-])c1ccc(C(C)(C)C)cc1. The van der Waals surface area contributed by atoms with E-state index in [4.69, 9.17) is 5.14 Å². The number of nitrogens with one attached hydrogen (secondary N) is 1. The summed E-state index contributed by atoms with van der Waals surface area (Å²) in [6, 6.07) is 11.2. The summed E-state index contributed by atoms with van der Waals surface area (Å²) in [6.45, 7) is 8.13. The van der Waals surface area contributed by atoms with Crippen molar-refractivity contribution in [2.45, 2.75) is 38.0 Å². The molecule has 2 aromatic carbocycles. The van der Waals surface area contributed by atoms with Crippen LogP contribution in [-0.4, -0.2) is 19.1 Å². The fraction of sp³-hybridized carbons (Fsp3) is 0.278. The topological polar surface area (TPSA) is 128 Å². The summed E-state index contributed by atoms with van der Waals surface area (Å²) in [5.41, 5.74) is 4.97. The van der Waals surface area contributed by atoms with Gasteiger partial charge in [-0.3, -0.25) is 15.5 Å². The van der Waals surface area contributed by atoms with Gasteiger partial charge in [0.25, 0.3) is 5.69 Å². The van der Waals surface area contributed by atoms with Crippen LogP contribution in [0.2, 0.25) is 0 Å². The molecule has 0 heterocycles. The summed E-state index contributed by atoms with van der Waals surface area (Å²) >= 11 is 0. The lowest BCUT2D eigenvalue weighted by molar-refractivity contribution is -0.384. The average molecular weight is 390 g/mol. The predicted molar refractivity (Wildman–Crippen MR) is 105 cm³/mol. The summed E-state index contributed by atoms with van der Waals surface area (Å²) in [6.07, 6.45) is 0. The molecule has 0 aliphatic carbocycles. The van der Waals surface area contributed by atoms with Gasteiger partial charge in [0.15, 0.2) is 0 Å². The van der Waals surface area contributed by atoms with E-state index in [1.807, 2.05) is 24.3 Å². The smallest absolute Gasteiger partial charge is 0.271 e. The summed E-state index contributed by atoms with van der Waals surface area (Å²) < 4.78 is 22.8. The van der Waals surface area contributed by atoms with Crippen LogP contribution in [0.1, 0.15) is 38.8 Å². The van der Waals surface area contributed by atoms with Gasteiger partial charge in [-0.05, 0) is 35.6 Å². The summed E-state index contributed by atoms with van der Waals surface area (Å²) in [4.78, 5) is 10.2. The number of sulfonamides is 1. The molecule has 0 amide bonds. The first-order valence-electron chi connectivity index (χ1n) is 8.12. The number of nitro groups is 1. The van der Waals surface area contributed by atoms with E-state index in [1.165, 1.54) is 17.7 Å². The number of nitro benzene ring substituents is 1. The van der Waals surface area contributed by atoms with E-state index in [1.54, 1.807) is 6.92 Å². The monoisotopic (exact) mass is 390 g/mol. The number of benzene rings is 2. The summed E-state index contributed by atoms with van der Waals surface area (Å²) in [7, 11) is -4.03. The highest BCUT2D eigenvalue weighted by Crippen LogP contribution is 2.27. The molecule has 0 atom stereocenters. The molecule has 0 saturated carbocycles. The fourth-order valence-electron chi connectivity index (χ4n) is 2.35. The lowest BCUT2D eigenvalue weighted by Crippen LogP contribution is -2.12. The molecule has 0 saturated heterocycles. The van der Waals surface area contributed by atoms with E-state index in [-0.39, 0.29) is 16.0 Å². The minimum absolute atomic E-state index is 0.0352. The zero-order chi connectivity index (χ0) is 20.4. The Balaban J connectivity index is 2.30. The van der Waals surface area contributed by atoms with Crippen molar-refractivity contribution in [1.82, 2.24) is 0 Å². The number of anilines is 1. The van der Waals surface area contributed by atoms with Gasteiger partial charge in [-0.2, -0.15) is 5.10 Å². The fourth-order valence-corrected chi connectivity index (χ4v) is 2.89. The molecule has 2 aromatic rings. The maximum Gasteiger partial charge on any atom is 0.295 e. The Hall–Kier alpha value is -2.78. The molecule has 8 nitrogen and oxygen atoms in total. The van der Waals surface area contributed by atoms with Crippen molar-refractivity contribution in [1.29, 1.82) is 0 Å². The van der Waals surface area contributed by atoms with Crippen LogP contribution in [0, 0.1) is 10.1 Å². The predicted octanol–water partition coefficient (Wildman–Crippen LogP) is 3.38. The molecule has 0 unspecified atom stereocenters. The van der Waals surface area contributed by atoms with Gasteiger partial charge >= 0.3 is 0 Å². The highest BCUT2D eigenvalue weighted by molar-refractivity contribution is 7.89. The summed E-state index contributed by atoms with van der Waals surface area (Å²) in [5, 5.41) is 20.4. The molecule has 2 rings (SSSR count). The highest BCUT2D eigenvalue weighted by Gasteiger charge is 2.19. The first-order chi connectivity index (χ1) is 12.4. The molecule has 144 valence electrons. The zero-order valence-electron chi connectivity index (χ0n) is 15.6. The van der Waals surface area contributed by atoms with Crippen LogP contribution in [0.15, 0.2) is 52.5 Å². The number of nitrogens with two attached hydrogens (primary N) is 1. The molecule has 0 aromatic heterocycles. The number of nitrogens with zero attached hydrogens (tertiary/aromatic N) is 2. The van der Waals surface area contributed by atoms with Gasteiger partial charge in [0.05, 0.1) is 15.5 Å². The van der Waals surface area contributed by atoms with Gasteiger partial charge in [-0.1, -0.05) is 45.0 Å². The van der Waals surface area contributed by atoms with E-state index >= 15 is 0 Å². The van der Waals surface area contributed by atoms with Gasteiger partial charge < -0.3 is 0 Å². The largest absolute Gasteiger partial charge is 0.295 e. The second kappa shape index (κ2) is 7.45. The van der Waals surface area contributed by atoms with Gasteiger partial charge in [0, 0.05) is 6.07 Å². The minimum atomic E-state index is -4.03. The molecule has 27 heavy (non-hydrogen) atoms. The molecule has 0 bridgehead atoms. The number of hydrazone groups is 1. The van der Waals surface area contributed by atoms with Crippen LogP contribution in [0.3, 0.4) is 0 Å².